The molecule has 0 unspecified atom stereocenters. The van der Waals surface area contributed by atoms with E-state index in [0.29, 0.717) is 17.1 Å². The number of rotatable bonds is 4. The van der Waals surface area contributed by atoms with E-state index in [0.717, 1.165) is 0 Å². The molecule has 0 spiro atoms. The Kier molecular flexibility index (Phi) is 3.32. The van der Waals surface area contributed by atoms with Crippen molar-refractivity contribution in [3.05, 3.63) is 29.3 Å². The topological polar surface area (TPSA) is 72.8 Å². The summed E-state index contributed by atoms with van der Waals surface area (Å²) in [5.74, 6) is -0.0380. The zero-order chi connectivity index (χ0) is 13.1. The van der Waals surface area contributed by atoms with Crippen LogP contribution in [0.4, 0.5) is 0 Å². The van der Waals surface area contributed by atoms with Crippen molar-refractivity contribution in [1.29, 1.82) is 0 Å². The SMILES string of the molecule is CC(=O)/C(=C/c1ccc2c(c1)OCO2)CC(=O)O. The van der Waals surface area contributed by atoms with Gasteiger partial charge in [-0.15, -0.1) is 0 Å². The lowest BCUT2D eigenvalue weighted by Gasteiger charge is -2.02. The molecule has 1 N–H and O–H groups in total. The summed E-state index contributed by atoms with van der Waals surface area (Å²) in [4.78, 5) is 22.0. The molecular formula is C13H12O5. The number of carbonyl (C=O) groups is 2. The van der Waals surface area contributed by atoms with Gasteiger partial charge in [0.15, 0.2) is 17.3 Å². The minimum Gasteiger partial charge on any atom is -0.481 e. The van der Waals surface area contributed by atoms with Gasteiger partial charge >= 0.3 is 5.97 Å². The van der Waals surface area contributed by atoms with Crippen molar-refractivity contribution in [2.75, 3.05) is 6.79 Å². The maximum Gasteiger partial charge on any atom is 0.307 e. The van der Waals surface area contributed by atoms with Crippen LogP contribution >= 0.6 is 0 Å². The van der Waals surface area contributed by atoms with Crippen LogP contribution in [0.2, 0.25) is 0 Å². The molecule has 0 amide bonds. The average molecular weight is 248 g/mol. The van der Waals surface area contributed by atoms with Gasteiger partial charge in [0.2, 0.25) is 6.79 Å². The Labute approximate surface area is 104 Å². The fourth-order valence-electron chi connectivity index (χ4n) is 1.64. The fraction of sp³-hybridized carbons (Fsp3) is 0.231. The van der Waals surface area contributed by atoms with Gasteiger partial charge in [0.25, 0.3) is 0 Å². The van der Waals surface area contributed by atoms with Crippen LogP contribution in [0.1, 0.15) is 18.9 Å². The van der Waals surface area contributed by atoms with Crippen LogP contribution in [0.3, 0.4) is 0 Å². The van der Waals surface area contributed by atoms with Crippen molar-refractivity contribution in [3.8, 4) is 11.5 Å². The van der Waals surface area contributed by atoms with E-state index in [-0.39, 0.29) is 24.6 Å². The number of fused-ring (bicyclic) bond motifs is 1. The third-order valence-corrected chi connectivity index (χ3v) is 2.53. The van der Waals surface area contributed by atoms with Crippen molar-refractivity contribution < 1.29 is 24.2 Å². The molecule has 1 aliphatic rings. The van der Waals surface area contributed by atoms with Gasteiger partial charge in [0, 0.05) is 5.57 Å². The van der Waals surface area contributed by atoms with Crippen LogP contribution < -0.4 is 9.47 Å². The molecule has 0 aromatic heterocycles. The molecule has 0 saturated carbocycles. The van der Waals surface area contributed by atoms with Gasteiger partial charge in [-0.3, -0.25) is 9.59 Å². The van der Waals surface area contributed by atoms with Crippen molar-refractivity contribution in [2.24, 2.45) is 0 Å². The van der Waals surface area contributed by atoms with E-state index in [9.17, 15) is 9.59 Å². The zero-order valence-corrected chi connectivity index (χ0v) is 9.80. The highest BCUT2D eigenvalue weighted by molar-refractivity contribution is 6.01. The minimum atomic E-state index is -1.03. The van der Waals surface area contributed by atoms with Gasteiger partial charge in [-0.05, 0) is 30.7 Å². The summed E-state index contributed by atoms with van der Waals surface area (Å²) in [5.41, 5.74) is 0.965. The van der Waals surface area contributed by atoms with Crippen LogP contribution in [0.5, 0.6) is 11.5 Å². The predicted molar refractivity (Wildman–Crippen MR) is 63.5 cm³/mol. The van der Waals surface area contributed by atoms with Gasteiger partial charge in [-0.1, -0.05) is 6.07 Å². The molecule has 0 fully saturated rings. The number of Topliss-reactive ketones (excluding diaryl/α,β-unsaturated/α-hetero) is 1. The number of hydrogen-bond acceptors (Lipinski definition) is 4. The molecule has 1 aromatic rings. The highest BCUT2D eigenvalue weighted by Gasteiger charge is 2.14. The Morgan fingerprint density at radius 1 is 1.33 bits per heavy atom. The predicted octanol–water partition coefficient (Wildman–Crippen LogP) is 1.86. The number of carboxylic acid groups (broad SMARTS) is 1. The molecule has 0 radical (unpaired) electrons. The molecule has 0 bridgehead atoms. The van der Waals surface area contributed by atoms with Crippen LogP contribution in [0, 0.1) is 0 Å². The summed E-state index contributed by atoms with van der Waals surface area (Å²) in [6, 6.07) is 5.19. The lowest BCUT2D eigenvalue weighted by atomic mass is 10.0. The molecule has 5 heteroatoms. The summed E-state index contributed by atoms with van der Waals surface area (Å²) in [5, 5.41) is 8.73. The molecule has 5 nitrogen and oxygen atoms in total. The fourth-order valence-corrected chi connectivity index (χ4v) is 1.64. The summed E-state index contributed by atoms with van der Waals surface area (Å²) >= 11 is 0. The standard InChI is InChI=1S/C13H12O5/c1-8(14)10(6-13(15)16)4-9-2-3-11-12(5-9)18-7-17-11/h2-5H,6-7H2,1H3,(H,15,16)/b10-4+. The highest BCUT2D eigenvalue weighted by atomic mass is 16.7. The van der Waals surface area contributed by atoms with Crippen LogP contribution in [-0.2, 0) is 9.59 Å². The number of carboxylic acids is 1. The zero-order valence-electron chi connectivity index (χ0n) is 9.80. The van der Waals surface area contributed by atoms with Crippen LogP contribution in [0.15, 0.2) is 23.8 Å². The average Bonchev–Trinajstić information content (AvgIpc) is 2.74. The van der Waals surface area contributed by atoms with Crippen molar-refractivity contribution in [3.63, 3.8) is 0 Å². The van der Waals surface area contributed by atoms with Crippen molar-refractivity contribution >= 4 is 17.8 Å². The first-order chi connectivity index (χ1) is 8.56. The smallest absolute Gasteiger partial charge is 0.307 e. The number of ketones is 1. The Morgan fingerprint density at radius 3 is 2.72 bits per heavy atom. The van der Waals surface area contributed by atoms with Gasteiger partial charge in [0.05, 0.1) is 6.42 Å². The molecule has 18 heavy (non-hydrogen) atoms. The first-order valence-corrected chi connectivity index (χ1v) is 5.39. The monoisotopic (exact) mass is 248 g/mol. The molecule has 0 saturated heterocycles. The highest BCUT2D eigenvalue weighted by Crippen LogP contribution is 2.33. The third kappa shape index (κ3) is 2.68. The summed E-state index contributed by atoms with van der Waals surface area (Å²) in [7, 11) is 0. The number of aliphatic carboxylic acids is 1. The molecule has 1 aliphatic heterocycles. The minimum absolute atomic E-state index is 0.178. The van der Waals surface area contributed by atoms with Crippen molar-refractivity contribution in [2.45, 2.75) is 13.3 Å². The van der Waals surface area contributed by atoms with E-state index in [1.54, 1.807) is 24.3 Å². The molecular weight excluding hydrogens is 236 g/mol. The Balaban J connectivity index is 2.29. The number of benzene rings is 1. The van der Waals surface area contributed by atoms with Gasteiger partial charge < -0.3 is 14.6 Å². The van der Waals surface area contributed by atoms with E-state index in [2.05, 4.69) is 0 Å². The number of hydrogen-bond donors (Lipinski definition) is 1. The molecule has 2 rings (SSSR count). The summed E-state index contributed by atoms with van der Waals surface area (Å²) < 4.78 is 10.4. The molecule has 94 valence electrons. The molecule has 1 aromatic carbocycles. The first kappa shape index (κ1) is 12.2. The second kappa shape index (κ2) is 4.91. The third-order valence-electron chi connectivity index (χ3n) is 2.53. The lowest BCUT2D eigenvalue weighted by Crippen LogP contribution is -2.04. The molecule has 0 atom stereocenters. The Morgan fingerprint density at radius 2 is 2.06 bits per heavy atom. The number of ether oxygens (including phenoxy) is 2. The van der Waals surface area contributed by atoms with Gasteiger partial charge in [-0.25, -0.2) is 0 Å². The van der Waals surface area contributed by atoms with E-state index in [4.69, 9.17) is 14.6 Å². The Bertz CT molecular complexity index is 530. The maximum atomic E-state index is 11.3. The van der Waals surface area contributed by atoms with Gasteiger partial charge in [0.1, 0.15) is 0 Å². The first-order valence-electron chi connectivity index (χ1n) is 5.39. The number of carbonyl (C=O) groups excluding carboxylic acids is 1. The van der Waals surface area contributed by atoms with E-state index >= 15 is 0 Å². The molecule has 1 heterocycles. The van der Waals surface area contributed by atoms with Crippen LogP contribution in [0.25, 0.3) is 6.08 Å². The second-order valence-electron chi connectivity index (χ2n) is 3.91. The molecule has 0 aliphatic carbocycles. The largest absolute Gasteiger partial charge is 0.481 e. The normalized spacial score (nSPS) is 13.5. The van der Waals surface area contributed by atoms with Crippen molar-refractivity contribution in [1.82, 2.24) is 0 Å². The van der Waals surface area contributed by atoms with E-state index < -0.39 is 5.97 Å². The van der Waals surface area contributed by atoms with Crippen LogP contribution in [-0.4, -0.2) is 23.7 Å². The maximum absolute atomic E-state index is 11.3. The van der Waals surface area contributed by atoms with E-state index in [1.165, 1.54) is 6.92 Å². The lowest BCUT2D eigenvalue weighted by molar-refractivity contribution is -0.136. The van der Waals surface area contributed by atoms with Gasteiger partial charge in [-0.2, -0.15) is 0 Å². The Hall–Kier alpha value is -2.30. The summed E-state index contributed by atoms with van der Waals surface area (Å²) in [6.45, 7) is 1.53. The quantitative estimate of drug-likeness (QED) is 0.823. The second-order valence-corrected chi connectivity index (χ2v) is 3.91. The van der Waals surface area contributed by atoms with E-state index in [1.807, 2.05) is 0 Å². The summed E-state index contributed by atoms with van der Waals surface area (Å²) in [6.07, 6.45) is 1.27.